The van der Waals surface area contributed by atoms with E-state index in [2.05, 4.69) is 10.6 Å². The standard InChI is InChI=1S/C19H19Cl2N3O3/c20-13-6-4-5-12(9-13)19(25)23-16-11-17(18(24(26)27)10-15(16)21)22-14-7-2-1-3-8-14/h4-6,9-11,14,22H,1-3,7-8H2,(H,23,25). The van der Waals surface area contributed by atoms with Gasteiger partial charge in [0.2, 0.25) is 0 Å². The Morgan fingerprint density at radius 1 is 1.07 bits per heavy atom. The number of anilines is 2. The molecule has 142 valence electrons. The molecule has 1 aliphatic rings. The van der Waals surface area contributed by atoms with E-state index in [0.717, 1.165) is 25.7 Å². The van der Waals surface area contributed by atoms with Crippen LogP contribution in [0.4, 0.5) is 17.1 Å². The smallest absolute Gasteiger partial charge is 0.293 e. The van der Waals surface area contributed by atoms with Crippen LogP contribution in [0.15, 0.2) is 36.4 Å². The van der Waals surface area contributed by atoms with Crippen molar-refractivity contribution >= 4 is 46.2 Å². The topological polar surface area (TPSA) is 84.3 Å². The highest BCUT2D eigenvalue weighted by molar-refractivity contribution is 6.34. The van der Waals surface area contributed by atoms with Crippen molar-refractivity contribution in [3.63, 3.8) is 0 Å². The Balaban J connectivity index is 1.87. The second-order valence-electron chi connectivity index (χ2n) is 6.55. The van der Waals surface area contributed by atoms with E-state index in [9.17, 15) is 14.9 Å². The van der Waals surface area contributed by atoms with Crippen LogP contribution in [0.3, 0.4) is 0 Å². The number of nitrogens with zero attached hydrogens (tertiary/aromatic N) is 1. The monoisotopic (exact) mass is 407 g/mol. The molecule has 1 amide bonds. The second kappa shape index (κ2) is 8.59. The van der Waals surface area contributed by atoms with Crippen LogP contribution >= 0.6 is 23.2 Å². The highest BCUT2D eigenvalue weighted by Gasteiger charge is 2.22. The van der Waals surface area contributed by atoms with E-state index in [0.29, 0.717) is 22.0 Å². The van der Waals surface area contributed by atoms with Gasteiger partial charge in [-0.05, 0) is 37.1 Å². The van der Waals surface area contributed by atoms with Crippen LogP contribution in [0.5, 0.6) is 0 Å². The Bertz CT molecular complexity index is 867. The number of carbonyl (C=O) groups is 1. The number of rotatable bonds is 5. The molecule has 0 radical (unpaired) electrons. The Morgan fingerprint density at radius 2 is 1.81 bits per heavy atom. The summed E-state index contributed by atoms with van der Waals surface area (Å²) in [5.74, 6) is -0.392. The molecule has 2 aromatic carbocycles. The molecule has 27 heavy (non-hydrogen) atoms. The maximum Gasteiger partial charge on any atom is 0.293 e. The molecule has 1 saturated carbocycles. The summed E-state index contributed by atoms with van der Waals surface area (Å²) in [4.78, 5) is 23.4. The minimum atomic E-state index is -0.473. The van der Waals surface area contributed by atoms with Crippen LogP contribution < -0.4 is 10.6 Å². The summed E-state index contributed by atoms with van der Waals surface area (Å²) in [6, 6.07) is 9.47. The van der Waals surface area contributed by atoms with Gasteiger partial charge in [-0.3, -0.25) is 14.9 Å². The lowest BCUT2D eigenvalue weighted by atomic mass is 9.95. The first-order valence-electron chi connectivity index (χ1n) is 8.75. The molecule has 0 saturated heterocycles. The van der Waals surface area contributed by atoms with Crippen LogP contribution in [-0.2, 0) is 0 Å². The molecule has 0 unspecified atom stereocenters. The highest BCUT2D eigenvalue weighted by Crippen LogP contribution is 2.36. The number of nitro groups is 1. The summed E-state index contributed by atoms with van der Waals surface area (Å²) in [6.07, 6.45) is 5.30. The van der Waals surface area contributed by atoms with Crippen molar-refractivity contribution in [2.45, 2.75) is 38.1 Å². The van der Waals surface area contributed by atoms with Gasteiger partial charge in [0.25, 0.3) is 11.6 Å². The predicted molar refractivity (Wildman–Crippen MR) is 108 cm³/mol. The summed E-state index contributed by atoms with van der Waals surface area (Å²) in [5, 5.41) is 17.9. The predicted octanol–water partition coefficient (Wildman–Crippen LogP) is 5.90. The molecule has 3 rings (SSSR count). The van der Waals surface area contributed by atoms with Gasteiger partial charge >= 0.3 is 0 Å². The molecule has 0 aliphatic heterocycles. The van der Waals surface area contributed by atoms with Crippen molar-refractivity contribution in [1.29, 1.82) is 0 Å². The number of halogens is 2. The summed E-state index contributed by atoms with van der Waals surface area (Å²) >= 11 is 12.1. The number of benzene rings is 2. The van der Waals surface area contributed by atoms with Crippen molar-refractivity contribution in [2.24, 2.45) is 0 Å². The normalized spacial score (nSPS) is 14.6. The first kappa shape index (κ1) is 19.5. The van der Waals surface area contributed by atoms with E-state index >= 15 is 0 Å². The van der Waals surface area contributed by atoms with Gasteiger partial charge in [0.15, 0.2) is 0 Å². The number of amides is 1. The molecule has 0 atom stereocenters. The highest BCUT2D eigenvalue weighted by atomic mass is 35.5. The average Bonchev–Trinajstić information content (AvgIpc) is 2.64. The molecule has 8 heteroatoms. The van der Waals surface area contributed by atoms with Gasteiger partial charge in [0.05, 0.1) is 15.6 Å². The summed E-state index contributed by atoms with van der Waals surface area (Å²) < 4.78 is 0. The lowest BCUT2D eigenvalue weighted by molar-refractivity contribution is -0.384. The molecule has 0 bridgehead atoms. The molecule has 0 aromatic heterocycles. The van der Waals surface area contributed by atoms with Gasteiger partial charge in [0.1, 0.15) is 5.69 Å². The fourth-order valence-corrected chi connectivity index (χ4v) is 3.61. The average molecular weight is 408 g/mol. The lowest BCUT2D eigenvalue weighted by Gasteiger charge is -2.24. The Hall–Kier alpha value is -2.31. The molecule has 0 heterocycles. The summed E-state index contributed by atoms with van der Waals surface area (Å²) in [7, 11) is 0. The summed E-state index contributed by atoms with van der Waals surface area (Å²) in [6.45, 7) is 0. The zero-order chi connectivity index (χ0) is 19.4. The SMILES string of the molecule is O=C(Nc1cc(NC2CCCCC2)c([N+](=O)[O-])cc1Cl)c1cccc(Cl)c1. The number of nitro benzene ring substituents is 1. The van der Waals surface area contributed by atoms with Gasteiger partial charge < -0.3 is 10.6 Å². The number of hydrogen-bond acceptors (Lipinski definition) is 4. The van der Waals surface area contributed by atoms with Crippen LogP contribution in [0, 0.1) is 10.1 Å². The van der Waals surface area contributed by atoms with Crippen LogP contribution in [0.2, 0.25) is 10.0 Å². The van der Waals surface area contributed by atoms with Crippen molar-refractivity contribution in [3.8, 4) is 0 Å². The second-order valence-corrected chi connectivity index (χ2v) is 7.39. The minimum absolute atomic E-state index is 0.103. The van der Waals surface area contributed by atoms with Crippen LogP contribution in [0.1, 0.15) is 42.5 Å². The van der Waals surface area contributed by atoms with E-state index < -0.39 is 10.8 Å². The summed E-state index contributed by atoms with van der Waals surface area (Å²) in [5.41, 5.74) is 0.938. The number of hydrogen-bond donors (Lipinski definition) is 2. The third kappa shape index (κ3) is 4.90. The van der Waals surface area contributed by atoms with Gasteiger partial charge in [0, 0.05) is 22.7 Å². The molecular formula is C19H19Cl2N3O3. The van der Waals surface area contributed by atoms with Crippen molar-refractivity contribution < 1.29 is 9.72 Å². The fraction of sp³-hybridized carbons (Fsp3) is 0.316. The Morgan fingerprint density at radius 3 is 2.48 bits per heavy atom. The van der Waals surface area contributed by atoms with Crippen LogP contribution in [-0.4, -0.2) is 16.9 Å². The molecule has 2 N–H and O–H groups in total. The first-order chi connectivity index (χ1) is 12.9. The van der Waals surface area contributed by atoms with E-state index in [4.69, 9.17) is 23.2 Å². The van der Waals surface area contributed by atoms with E-state index in [1.807, 2.05) is 0 Å². The number of carbonyl (C=O) groups excluding carboxylic acids is 1. The minimum Gasteiger partial charge on any atom is -0.377 e. The fourth-order valence-electron chi connectivity index (χ4n) is 3.22. The maximum absolute atomic E-state index is 12.5. The molecule has 1 fully saturated rings. The Labute approximate surface area is 167 Å². The first-order valence-corrected chi connectivity index (χ1v) is 9.51. The zero-order valence-electron chi connectivity index (χ0n) is 14.5. The molecule has 6 nitrogen and oxygen atoms in total. The largest absolute Gasteiger partial charge is 0.377 e. The van der Waals surface area contributed by atoms with Gasteiger partial charge in [-0.25, -0.2) is 0 Å². The lowest BCUT2D eigenvalue weighted by Crippen LogP contribution is -2.23. The molecular weight excluding hydrogens is 389 g/mol. The van der Waals surface area contributed by atoms with E-state index in [1.54, 1.807) is 18.2 Å². The Kier molecular flexibility index (Phi) is 6.19. The van der Waals surface area contributed by atoms with Gasteiger partial charge in [-0.1, -0.05) is 48.5 Å². The number of nitrogens with one attached hydrogen (secondary N) is 2. The third-order valence-electron chi connectivity index (χ3n) is 4.58. The van der Waals surface area contributed by atoms with Crippen LogP contribution in [0.25, 0.3) is 0 Å². The van der Waals surface area contributed by atoms with Crippen molar-refractivity contribution in [1.82, 2.24) is 0 Å². The van der Waals surface area contributed by atoms with E-state index in [1.165, 1.54) is 24.6 Å². The molecule has 1 aliphatic carbocycles. The van der Waals surface area contributed by atoms with Crippen molar-refractivity contribution in [2.75, 3.05) is 10.6 Å². The van der Waals surface area contributed by atoms with Gasteiger partial charge in [-0.15, -0.1) is 0 Å². The molecule has 2 aromatic rings. The third-order valence-corrected chi connectivity index (χ3v) is 5.13. The molecule has 0 spiro atoms. The maximum atomic E-state index is 12.5. The van der Waals surface area contributed by atoms with E-state index in [-0.39, 0.29) is 16.8 Å². The quantitative estimate of drug-likeness (QED) is 0.477. The van der Waals surface area contributed by atoms with Crippen molar-refractivity contribution in [3.05, 3.63) is 62.1 Å². The van der Waals surface area contributed by atoms with Gasteiger partial charge in [-0.2, -0.15) is 0 Å². The zero-order valence-corrected chi connectivity index (χ0v) is 16.0.